The Morgan fingerprint density at radius 2 is 1.91 bits per heavy atom. The van der Waals surface area contributed by atoms with Crippen LogP contribution in [0.2, 0.25) is 0 Å². The van der Waals surface area contributed by atoms with E-state index in [9.17, 15) is 9.59 Å². The SMILES string of the molecule is CC1=C(C(=O)OCc2ccccc2)[C@@H](c2cc3c(cc2Br)OCO3)C2=C(CCCC2=O)N1. The van der Waals surface area contributed by atoms with Crippen molar-refractivity contribution in [3.8, 4) is 11.5 Å². The highest BCUT2D eigenvalue weighted by molar-refractivity contribution is 9.10. The van der Waals surface area contributed by atoms with E-state index < -0.39 is 11.9 Å². The Balaban J connectivity index is 1.57. The third-order valence-electron chi connectivity index (χ3n) is 6.01. The van der Waals surface area contributed by atoms with Crippen LogP contribution in [0.15, 0.2) is 69.5 Å². The highest BCUT2D eigenvalue weighted by Crippen LogP contribution is 2.48. The fourth-order valence-corrected chi connectivity index (χ4v) is 5.07. The number of benzene rings is 2. The average molecular weight is 496 g/mol. The second-order valence-electron chi connectivity index (χ2n) is 8.05. The lowest BCUT2D eigenvalue weighted by atomic mass is 9.75. The maximum Gasteiger partial charge on any atom is 0.337 e. The summed E-state index contributed by atoms with van der Waals surface area (Å²) in [6, 6.07) is 13.2. The average Bonchev–Trinajstić information content (AvgIpc) is 3.24. The van der Waals surface area contributed by atoms with E-state index in [-0.39, 0.29) is 19.2 Å². The Kier molecular flexibility index (Phi) is 5.51. The second-order valence-corrected chi connectivity index (χ2v) is 8.91. The normalized spacial score (nSPS) is 19.6. The number of rotatable bonds is 4. The number of ether oxygens (including phenoxy) is 3. The Labute approximate surface area is 194 Å². The fourth-order valence-electron chi connectivity index (χ4n) is 4.52. The minimum atomic E-state index is -0.550. The van der Waals surface area contributed by atoms with E-state index in [2.05, 4.69) is 21.2 Å². The maximum absolute atomic E-state index is 13.4. The number of ketones is 1. The first-order valence-electron chi connectivity index (χ1n) is 10.6. The Morgan fingerprint density at radius 1 is 1.16 bits per heavy atom. The van der Waals surface area contributed by atoms with Crippen molar-refractivity contribution >= 4 is 27.7 Å². The lowest BCUT2D eigenvalue weighted by Gasteiger charge is -2.34. The number of hydrogen-bond donors (Lipinski definition) is 1. The van der Waals surface area contributed by atoms with E-state index in [0.29, 0.717) is 34.8 Å². The van der Waals surface area contributed by atoms with Crippen LogP contribution < -0.4 is 14.8 Å². The van der Waals surface area contributed by atoms with Crippen LogP contribution >= 0.6 is 15.9 Å². The molecule has 2 aliphatic heterocycles. The van der Waals surface area contributed by atoms with Crippen molar-refractivity contribution in [2.45, 2.75) is 38.7 Å². The smallest absolute Gasteiger partial charge is 0.337 e. The molecule has 164 valence electrons. The summed E-state index contributed by atoms with van der Waals surface area (Å²) in [5.74, 6) is 0.285. The molecule has 0 spiro atoms. The Morgan fingerprint density at radius 3 is 2.69 bits per heavy atom. The summed E-state index contributed by atoms with van der Waals surface area (Å²) in [6.45, 7) is 2.16. The topological polar surface area (TPSA) is 73.9 Å². The van der Waals surface area contributed by atoms with Gasteiger partial charge in [-0.1, -0.05) is 46.3 Å². The summed E-state index contributed by atoms with van der Waals surface area (Å²) in [4.78, 5) is 26.4. The first-order valence-corrected chi connectivity index (χ1v) is 11.4. The van der Waals surface area contributed by atoms with Gasteiger partial charge in [0.2, 0.25) is 6.79 Å². The van der Waals surface area contributed by atoms with E-state index in [1.165, 1.54) is 0 Å². The van der Waals surface area contributed by atoms with Crippen LogP contribution in [0.3, 0.4) is 0 Å². The quantitative estimate of drug-likeness (QED) is 0.608. The van der Waals surface area contributed by atoms with Gasteiger partial charge in [-0.05, 0) is 43.0 Å². The number of esters is 1. The van der Waals surface area contributed by atoms with Crippen LogP contribution in [0.25, 0.3) is 0 Å². The molecule has 1 aliphatic carbocycles. The molecule has 0 unspecified atom stereocenters. The van der Waals surface area contributed by atoms with Crippen LogP contribution in [-0.2, 0) is 20.9 Å². The number of dihydropyridines is 1. The number of halogens is 1. The molecule has 0 saturated heterocycles. The molecular formula is C25H22BrNO5. The zero-order valence-electron chi connectivity index (χ0n) is 17.6. The van der Waals surface area contributed by atoms with Gasteiger partial charge in [-0.3, -0.25) is 4.79 Å². The molecule has 5 rings (SSSR count). The number of carbonyl (C=O) groups excluding carboxylic acids is 2. The Bertz CT molecular complexity index is 1170. The lowest BCUT2D eigenvalue weighted by molar-refractivity contribution is -0.140. The molecule has 0 fully saturated rings. The minimum absolute atomic E-state index is 0.0502. The van der Waals surface area contributed by atoms with E-state index in [1.54, 1.807) is 0 Å². The summed E-state index contributed by atoms with van der Waals surface area (Å²) in [5.41, 5.74) is 4.34. The summed E-state index contributed by atoms with van der Waals surface area (Å²) in [7, 11) is 0. The van der Waals surface area contributed by atoms with Crippen molar-refractivity contribution < 1.29 is 23.8 Å². The van der Waals surface area contributed by atoms with Crippen molar-refractivity contribution in [1.82, 2.24) is 5.32 Å². The van der Waals surface area contributed by atoms with Gasteiger partial charge in [0, 0.05) is 33.8 Å². The largest absolute Gasteiger partial charge is 0.457 e. The molecule has 2 heterocycles. The van der Waals surface area contributed by atoms with E-state index >= 15 is 0 Å². The van der Waals surface area contributed by atoms with Gasteiger partial charge in [0.05, 0.1) is 5.57 Å². The molecule has 0 aromatic heterocycles. The van der Waals surface area contributed by atoms with E-state index in [1.807, 2.05) is 49.4 Å². The Hall–Kier alpha value is -3.06. The zero-order valence-corrected chi connectivity index (χ0v) is 19.2. The number of Topliss-reactive ketones (excluding diaryl/α,β-unsaturated/α-hetero) is 1. The molecule has 32 heavy (non-hydrogen) atoms. The predicted octanol–water partition coefficient (Wildman–Crippen LogP) is 4.89. The van der Waals surface area contributed by atoms with Crippen molar-refractivity contribution in [3.05, 3.63) is 80.6 Å². The first-order chi connectivity index (χ1) is 15.5. The van der Waals surface area contributed by atoms with Crippen LogP contribution in [0.4, 0.5) is 0 Å². The molecular weight excluding hydrogens is 474 g/mol. The van der Waals surface area contributed by atoms with E-state index in [4.69, 9.17) is 14.2 Å². The number of allylic oxidation sites excluding steroid dienone is 3. The van der Waals surface area contributed by atoms with Crippen LogP contribution in [0.1, 0.15) is 43.2 Å². The summed E-state index contributed by atoms with van der Waals surface area (Å²) in [5, 5.41) is 3.32. The molecule has 6 nitrogen and oxygen atoms in total. The monoisotopic (exact) mass is 495 g/mol. The van der Waals surface area contributed by atoms with Crippen LogP contribution in [-0.4, -0.2) is 18.5 Å². The summed E-state index contributed by atoms with van der Waals surface area (Å²) in [6.07, 6.45) is 2.02. The lowest BCUT2D eigenvalue weighted by Crippen LogP contribution is -2.34. The third kappa shape index (κ3) is 3.71. The molecule has 0 bridgehead atoms. The zero-order chi connectivity index (χ0) is 22.2. The number of nitrogens with one attached hydrogen (secondary N) is 1. The molecule has 2 aromatic rings. The fraction of sp³-hybridized carbons (Fsp3) is 0.280. The molecule has 1 N–H and O–H groups in total. The van der Waals surface area contributed by atoms with Gasteiger partial charge in [0.15, 0.2) is 17.3 Å². The van der Waals surface area contributed by atoms with Gasteiger partial charge in [-0.15, -0.1) is 0 Å². The van der Waals surface area contributed by atoms with Crippen molar-refractivity contribution in [1.29, 1.82) is 0 Å². The molecule has 3 aliphatic rings. The van der Waals surface area contributed by atoms with Crippen molar-refractivity contribution in [2.24, 2.45) is 0 Å². The number of carbonyl (C=O) groups is 2. The number of fused-ring (bicyclic) bond motifs is 1. The molecule has 1 atom stereocenters. The van der Waals surface area contributed by atoms with E-state index in [0.717, 1.165) is 34.1 Å². The van der Waals surface area contributed by atoms with Gasteiger partial charge in [-0.2, -0.15) is 0 Å². The van der Waals surface area contributed by atoms with Gasteiger partial charge < -0.3 is 19.5 Å². The molecule has 0 saturated carbocycles. The molecule has 0 radical (unpaired) electrons. The first kappa shape index (κ1) is 20.8. The van der Waals surface area contributed by atoms with Crippen LogP contribution in [0, 0.1) is 0 Å². The van der Waals surface area contributed by atoms with Crippen molar-refractivity contribution in [2.75, 3.05) is 6.79 Å². The maximum atomic E-state index is 13.4. The van der Waals surface area contributed by atoms with Crippen molar-refractivity contribution in [3.63, 3.8) is 0 Å². The highest BCUT2D eigenvalue weighted by Gasteiger charge is 2.40. The van der Waals surface area contributed by atoms with Gasteiger partial charge >= 0.3 is 5.97 Å². The highest BCUT2D eigenvalue weighted by atomic mass is 79.9. The van der Waals surface area contributed by atoms with Crippen LogP contribution in [0.5, 0.6) is 11.5 Å². The second kappa shape index (κ2) is 8.47. The third-order valence-corrected chi connectivity index (χ3v) is 6.70. The molecule has 7 heteroatoms. The minimum Gasteiger partial charge on any atom is -0.457 e. The number of hydrogen-bond acceptors (Lipinski definition) is 6. The van der Waals surface area contributed by atoms with Gasteiger partial charge in [0.25, 0.3) is 0 Å². The summed E-state index contributed by atoms with van der Waals surface area (Å²) < 4.78 is 17.5. The van der Waals surface area contributed by atoms with Gasteiger partial charge in [0.1, 0.15) is 6.61 Å². The summed E-state index contributed by atoms with van der Waals surface area (Å²) >= 11 is 3.63. The molecule has 2 aromatic carbocycles. The molecule has 0 amide bonds. The van der Waals surface area contributed by atoms with Gasteiger partial charge in [-0.25, -0.2) is 4.79 Å². The predicted molar refractivity (Wildman–Crippen MR) is 121 cm³/mol. The standard InChI is InChI=1S/C25H22BrNO5/c1-14-22(25(29)30-12-15-6-3-2-4-7-15)23(24-18(27-14)8-5-9-19(24)28)16-10-20-21(11-17(16)26)32-13-31-20/h2-4,6-7,10-11,23,27H,5,8-9,12-13H2,1H3/t23-/m1/s1.